The average molecular weight is 582 g/mol. The molecule has 1 N–H and O–H groups in total. The molecule has 0 aliphatic heterocycles. The van der Waals surface area contributed by atoms with E-state index in [0.29, 0.717) is 21.0 Å². The molecule has 0 saturated heterocycles. The van der Waals surface area contributed by atoms with Crippen LogP contribution < -0.4 is 9.62 Å². The molecule has 3 aromatic rings. The maximum Gasteiger partial charge on any atom is 0.416 e. The van der Waals surface area contributed by atoms with Crippen molar-refractivity contribution in [2.75, 3.05) is 24.2 Å². The minimum atomic E-state index is -4.72. The Bertz CT molecular complexity index is 1420. The molecule has 0 heterocycles. The van der Waals surface area contributed by atoms with Crippen LogP contribution in [0.4, 0.5) is 18.9 Å². The van der Waals surface area contributed by atoms with Gasteiger partial charge in [0.15, 0.2) is 0 Å². The van der Waals surface area contributed by atoms with E-state index in [2.05, 4.69) is 5.32 Å². The number of hydrogen-bond acceptors (Lipinski definition) is 4. The lowest BCUT2D eigenvalue weighted by atomic mass is 10.0. The number of carbonyl (C=O) groups is 2. The molecule has 0 unspecified atom stereocenters. The van der Waals surface area contributed by atoms with Crippen molar-refractivity contribution >= 4 is 39.1 Å². The summed E-state index contributed by atoms with van der Waals surface area (Å²) in [5.74, 6) is -1.31. The topological polar surface area (TPSA) is 86.8 Å². The minimum absolute atomic E-state index is 0.0964. The summed E-state index contributed by atoms with van der Waals surface area (Å²) in [4.78, 5) is 28.0. The summed E-state index contributed by atoms with van der Waals surface area (Å²) in [5, 5.41) is 2.86. The van der Waals surface area contributed by atoms with Gasteiger partial charge in [0.1, 0.15) is 12.6 Å². The van der Waals surface area contributed by atoms with Gasteiger partial charge in [-0.1, -0.05) is 66.2 Å². The van der Waals surface area contributed by atoms with Crippen LogP contribution in [0.2, 0.25) is 5.02 Å². The van der Waals surface area contributed by atoms with Crippen molar-refractivity contribution in [2.24, 2.45) is 0 Å². The van der Waals surface area contributed by atoms with Gasteiger partial charge in [-0.2, -0.15) is 13.2 Å². The molecule has 0 spiro atoms. The van der Waals surface area contributed by atoms with E-state index in [1.165, 1.54) is 18.0 Å². The highest BCUT2D eigenvalue weighted by molar-refractivity contribution is 7.92. The summed E-state index contributed by atoms with van der Waals surface area (Å²) in [6, 6.07) is 18.2. The highest BCUT2D eigenvalue weighted by Crippen LogP contribution is 2.32. The van der Waals surface area contributed by atoms with Gasteiger partial charge in [0.25, 0.3) is 0 Å². The third kappa shape index (κ3) is 7.96. The number of amides is 2. The van der Waals surface area contributed by atoms with Gasteiger partial charge in [0.05, 0.1) is 17.5 Å². The zero-order valence-electron chi connectivity index (χ0n) is 21.2. The fourth-order valence-electron chi connectivity index (χ4n) is 3.98. The lowest BCUT2D eigenvalue weighted by molar-refractivity contribution is -0.139. The summed E-state index contributed by atoms with van der Waals surface area (Å²) >= 11 is 6.33. The van der Waals surface area contributed by atoms with E-state index in [0.717, 1.165) is 24.0 Å². The summed E-state index contributed by atoms with van der Waals surface area (Å²) in [7, 11) is -2.80. The predicted molar refractivity (Wildman–Crippen MR) is 144 cm³/mol. The number of hydrogen-bond donors (Lipinski definition) is 1. The first-order valence-corrected chi connectivity index (χ1v) is 14.0. The van der Waals surface area contributed by atoms with Gasteiger partial charge >= 0.3 is 6.18 Å². The lowest BCUT2D eigenvalue weighted by Crippen LogP contribution is -2.53. The van der Waals surface area contributed by atoms with Crippen molar-refractivity contribution in [2.45, 2.75) is 25.2 Å². The first-order valence-electron chi connectivity index (χ1n) is 11.7. The Morgan fingerprint density at radius 1 is 0.974 bits per heavy atom. The Kier molecular flexibility index (Phi) is 9.63. The fourth-order valence-corrected chi connectivity index (χ4v) is 5.02. The number of benzene rings is 3. The fraction of sp³-hybridized carbons (Fsp3) is 0.259. The molecule has 0 aromatic heterocycles. The van der Waals surface area contributed by atoms with E-state index in [4.69, 9.17) is 11.6 Å². The van der Waals surface area contributed by atoms with Crippen LogP contribution in [-0.4, -0.2) is 51.0 Å². The minimum Gasteiger partial charge on any atom is -0.357 e. The number of alkyl halides is 3. The second-order valence-corrected chi connectivity index (χ2v) is 11.1. The van der Waals surface area contributed by atoms with Gasteiger partial charge in [-0.3, -0.25) is 13.9 Å². The van der Waals surface area contributed by atoms with Gasteiger partial charge in [0.2, 0.25) is 21.8 Å². The normalized spacial score (nSPS) is 12.5. The predicted octanol–water partition coefficient (Wildman–Crippen LogP) is 4.51. The quantitative estimate of drug-likeness (QED) is 0.382. The number of likely N-dealkylation sites (N-methyl/N-ethyl adjacent to an activating group) is 1. The maximum absolute atomic E-state index is 13.8. The SMILES string of the molecule is CNC(=O)[C@H](Cc1ccccc1)N(Cc1ccccc1Cl)C(=O)CN(c1cccc(C(F)(F)F)c1)S(C)(=O)=O. The third-order valence-electron chi connectivity index (χ3n) is 5.96. The second-order valence-electron chi connectivity index (χ2n) is 8.75. The number of sulfonamides is 1. The molecule has 7 nitrogen and oxygen atoms in total. The molecular formula is C27H27ClF3N3O4S. The van der Waals surface area contributed by atoms with E-state index < -0.39 is 46.2 Å². The van der Waals surface area contributed by atoms with Crippen molar-refractivity contribution in [3.63, 3.8) is 0 Å². The Morgan fingerprint density at radius 2 is 1.62 bits per heavy atom. The first kappa shape index (κ1) is 30.0. The molecule has 1 atom stereocenters. The summed E-state index contributed by atoms with van der Waals surface area (Å²) < 4.78 is 66.0. The number of carbonyl (C=O) groups excluding carboxylic acids is 2. The molecule has 12 heteroatoms. The van der Waals surface area contributed by atoms with Gasteiger partial charge in [0, 0.05) is 25.0 Å². The highest BCUT2D eigenvalue weighted by atomic mass is 35.5. The van der Waals surface area contributed by atoms with Gasteiger partial charge < -0.3 is 10.2 Å². The van der Waals surface area contributed by atoms with Crippen LogP contribution in [0.1, 0.15) is 16.7 Å². The summed E-state index contributed by atoms with van der Waals surface area (Å²) in [5.41, 5.74) is -0.167. The van der Waals surface area contributed by atoms with Crippen molar-refractivity contribution in [1.29, 1.82) is 0 Å². The zero-order chi connectivity index (χ0) is 28.8. The molecule has 0 fully saturated rings. The van der Waals surface area contributed by atoms with Crippen LogP contribution in [0.3, 0.4) is 0 Å². The van der Waals surface area contributed by atoms with Gasteiger partial charge in [-0.25, -0.2) is 8.42 Å². The second kappa shape index (κ2) is 12.5. The molecule has 3 aromatic carbocycles. The first-order chi connectivity index (χ1) is 18.3. The average Bonchev–Trinajstić information content (AvgIpc) is 2.89. The van der Waals surface area contributed by atoms with Crippen LogP contribution in [-0.2, 0) is 38.8 Å². The monoisotopic (exact) mass is 581 g/mol. The molecule has 208 valence electrons. The van der Waals surface area contributed by atoms with Gasteiger partial charge in [-0.05, 0) is 35.4 Å². The third-order valence-corrected chi connectivity index (χ3v) is 7.47. The number of rotatable bonds is 10. The van der Waals surface area contributed by atoms with Crippen LogP contribution in [0.25, 0.3) is 0 Å². The maximum atomic E-state index is 13.8. The molecule has 0 radical (unpaired) electrons. The lowest BCUT2D eigenvalue weighted by Gasteiger charge is -2.33. The number of nitrogens with one attached hydrogen (secondary N) is 1. The Morgan fingerprint density at radius 3 is 2.21 bits per heavy atom. The smallest absolute Gasteiger partial charge is 0.357 e. The van der Waals surface area contributed by atoms with Gasteiger partial charge in [-0.15, -0.1) is 0 Å². The standard InChI is InChI=1S/C27H27ClF3N3O4S/c1-32-26(36)24(15-19-9-4-3-5-10-19)33(17-20-11-6-7-14-23(20)28)25(35)18-34(39(2,37)38)22-13-8-12-21(16-22)27(29,30)31/h3-14,16,24H,15,17-18H2,1-2H3,(H,32,36)/t24-/m0/s1. The molecule has 3 rings (SSSR count). The molecule has 0 aliphatic rings. The van der Waals surface area contributed by atoms with Crippen molar-refractivity contribution in [3.8, 4) is 0 Å². The largest absolute Gasteiger partial charge is 0.416 e. The molecule has 39 heavy (non-hydrogen) atoms. The van der Waals surface area contributed by atoms with Crippen LogP contribution >= 0.6 is 11.6 Å². The molecule has 2 amide bonds. The van der Waals surface area contributed by atoms with Crippen molar-refractivity contribution < 1.29 is 31.2 Å². The van der Waals surface area contributed by atoms with E-state index >= 15 is 0 Å². The zero-order valence-corrected chi connectivity index (χ0v) is 22.7. The Balaban J connectivity index is 2.06. The molecular weight excluding hydrogens is 555 g/mol. The van der Waals surface area contributed by atoms with Crippen molar-refractivity contribution in [3.05, 3.63) is 101 Å². The number of nitrogens with zero attached hydrogens (tertiary/aromatic N) is 2. The summed E-state index contributed by atoms with van der Waals surface area (Å²) in [6.07, 6.45) is -3.84. The van der Waals surface area contributed by atoms with Crippen LogP contribution in [0, 0.1) is 0 Å². The Hall–Kier alpha value is -3.57. The number of halogens is 4. The van der Waals surface area contributed by atoms with Crippen LogP contribution in [0.15, 0.2) is 78.9 Å². The highest BCUT2D eigenvalue weighted by Gasteiger charge is 2.35. The van der Waals surface area contributed by atoms with E-state index in [1.54, 1.807) is 54.6 Å². The van der Waals surface area contributed by atoms with E-state index in [1.807, 2.05) is 0 Å². The van der Waals surface area contributed by atoms with E-state index in [-0.39, 0.29) is 18.7 Å². The summed E-state index contributed by atoms with van der Waals surface area (Å²) in [6.45, 7) is -0.990. The molecule has 0 aliphatic carbocycles. The Labute approximate surface area is 230 Å². The number of anilines is 1. The molecule has 0 saturated carbocycles. The molecule has 0 bridgehead atoms. The van der Waals surface area contributed by atoms with Crippen LogP contribution in [0.5, 0.6) is 0 Å². The van der Waals surface area contributed by atoms with Crippen molar-refractivity contribution in [1.82, 2.24) is 10.2 Å². The van der Waals surface area contributed by atoms with E-state index in [9.17, 15) is 31.2 Å².